The molecule has 134 valence electrons. The summed E-state index contributed by atoms with van der Waals surface area (Å²) in [7, 11) is 0. The quantitative estimate of drug-likeness (QED) is 0.570. The highest BCUT2D eigenvalue weighted by atomic mass is 35.5. The predicted molar refractivity (Wildman–Crippen MR) is 99.2 cm³/mol. The van der Waals surface area contributed by atoms with E-state index in [-0.39, 0.29) is 22.0 Å². The third-order valence-electron chi connectivity index (χ3n) is 3.93. The van der Waals surface area contributed by atoms with Crippen LogP contribution in [0.25, 0.3) is 0 Å². The lowest BCUT2D eigenvalue weighted by molar-refractivity contribution is -0.152. The molecule has 7 heteroatoms. The minimum atomic E-state index is -0.556. The topological polar surface area (TPSA) is 55.4 Å². The number of ether oxygens (including phenoxy) is 1. The molecule has 1 aliphatic carbocycles. The Morgan fingerprint density at radius 2 is 1.68 bits per heavy atom. The molecule has 1 aliphatic rings. The molecule has 1 N–H and O–H groups in total. The van der Waals surface area contributed by atoms with Gasteiger partial charge in [0.1, 0.15) is 11.1 Å². The average molecular weight is 403 g/mol. The molecule has 0 saturated carbocycles. The molecule has 1 amide bonds. The van der Waals surface area contributed by atoms with Gasteiger partial charge in [-0.15, -0.1) is 0 Å². The van der Waals surface area contributed by atoms with E-state index >= 15 is 0 Å². The molecule has 0 bridgehead atoms. The second-order valence-corrected chi connectivity index (χ2v) is 7.04. The third kappa shape index (κ3) is 6.07. The summed E-state index contributed by atoms with van der Waals surface area (Å²) in [4.78, 5) is 24.8. The lowest BCUT2D eigenvalue weighted by Crippen LogP contribution is -2.39. The van der Waals surface area contributed by atoms with Crippen molar-refractivity contribution in [3.63, 3.8) is 0 Å². The molecule has 4 nitrogen and oxygen atoms in total. The highest BCUT2D eigenvalue weighted by molar-refractivity contribution is 6.59. The van der Waals surface area contributed by atoms with Gasteiger partial charge in [0.2, 0.25) is 5.91 Å². The van der Waals surface area contributed by atoms with Crippen LogP contribution in [0.1, 0.15) is 18.4 Å². The van der Waals surface area contributed by atoms with Crippen molar-refractivity contribution in [1.29, 1.82) is 0 Å². The zero-order chi connectivity index (χ0) is 18.2. The summed E-state index contributed by atoms with van der Waals surface area (Å²) in [5.41, 5.74) is 0.995. The Balaban J connectivity index is 1.95. The van der Waals surface area contributed by atoms with Crippen LogP contribution in [0.3, 0.4) is 0 Å². The van der Waals surface area contributed by atoms with Crippen molar-refractivity contribution in [3.05, 3.63) is 57.6 Å². The van der Waals surface area contributed by atoms with Crippen LogP contribution in [0, 0.1) is 11.8 Å². The van der Waals surface area contributed by atoms with Crippen molar-refractivity contribution in [1.82, 2.24) is 5.32 Å². The first kappa shape index (κ1) is 19.8. The Labute approximate surface area is 161 Å². The Morgan fingerprint density at radius 3 is 2.32 bits per heavy atom. The second kappa shape index (κ2) is 9.85. The van der Waals surface area contributed by atoms with Crippen molar-refractivity contribution in [2.24, 2.45) is 11.8 Å². The molecule has 0 spiro atoms. The summed E-state index contributed by atoms with van der Waals surface area (Å²) >= 11 is 16.8. The molecule has 0 heterocycles. The van der Waals surface area contributed by atoms with Crippen LogP contribution in [0.2, 0.25) is 0 Å². The Kier molecular flexibility index (Phi) is 7.82. The van der Waals surface area contributed by atoms with Gasteiger partial charge < -0.3 is 10.1 Å². The highest BCUT2D eigenvalue weighted by Crippen LogP contribution is 2.28. The second-order valence-electron chi connectivity index (χ2n) is 5.63. The van der Waals surface area contributed by atoms with Crippen LogP contribution < -0.4 is 5.32 Å². The molecule has 1 aromatic rings. The van der Waals surface area contributed by atoms with Gasteiger partial charge in [0.25, 0.3) is 0 Å². The lowest BCUT2D eigenvalue weighted by Gasteiger charge is -2.26. The molecule has 2 unspecified atom stereocenters. The van der Waals surface area contributed by atoms with Gasteiger partial charge in [0.15, 0.2) is 0 Å². The monoisotopic (exact) mass is 401 g/mol. The summed E-state index contributed by atoms with van der Waals surface area (Å²) < 4.78 is 4.99. The molecule has 2 atom stereocenters. The van der Waals surface area contributed by atoms with Crippen LogP contribution in [0.5, 0.6) is 0 Å². The number of rotatable bonds is 6. The molecule has 0 aromatic heterocycles. The van der Waals surface area contributed by atoms with E-state index in [1.165, 1.54) is 0 Å². The minimum Gasteiger partial charge on any atom is -0.460 e. The van der Waals surface area contributed by atoms with Crippen molar-refractivity contribution in [3.8, 4) is 0 Å². The van der Waals surface area contributed by atoms with Crippen molar-refractivity contribution in [2.45, 2.75) is 19.4 Å². The fourth-order valence-electron chi connectivity index (χ4n) is 2.58. The lowest BCUT2D eigenvalue weighted by atomic mass is 9.82. The normalized spacial score (nSPS) is 19.2. The van der Waals surface area contributed by atoms with E-state index in [4.69, 9.17) is 39.5 Å². The van der Waals surface area contributed by atoms with E-state index in [2.05, 4.69) is 5.32 Å². The van der Waals surface area contributed by atoms with E-state index in [1.54, 1.807) is 0 Å². The van der Waals surface area contributed by atoms with Crippen LogP contribution in [0.15, 0.2) is 52.0 Å². The van der Waals surface area contributed by atoms with Gasteiger partial charge >= 0.3 is 5.97 Å². The summed E-state index contributed by atoms with van der Waals surface area (Å²) in [6.45, 7) is 0.208. The smallest absolute Gasteiger partial charge is 0.310 e. The first-order chi connectivity index (χ1) is 12.0. The maximum absolute atomic E-state index is 12.5. The molecule has 0 saturated heterocycles. The average Bonchev–Trinajstić information content (AvgIpc) is 2.64. The largest absolute Gasteiger partial charge is 0.460 e. The van der Waals surface area contributed by atoms with Gasteiger partial charge in [-0.2, -0.15) is 0 Å². The number of amides is 1. The van der Waals surface area contributed by atoms with Crippen LogP contribution in [-0.4, -0.2) is 18.5 Å². The molecule has 0 aliphatic heterocycles. The molecule has 25 heavy (non-hydrogen) atoms. The Morgan fingerprint density at radius 1 is 1.04 bits per heavy atom. The highest BCUT2D eigenvalue weighted by Gasteiger charge is 2.35. The van der Waals surface area contributed by atoms with Crippen LogP contribution in [-0.2, 0) is 20.9 Å². The summed E-state index contributed by atoms with van der Waals surface area (Å²) in [6.07, 6.45) is 4.70. The van der Waals surface area contributed by atoms with Crippen molar-refractivity contribution in [2.75, 3.05) is 6.61 Å². The number of nitrogens with one attached hydrogen (secondary N) is 1. The van der Waals surface area contributed by atoms with E-state index in [9.17, 15) is 9.59 Å². The predicted octanol–water partition coefficient (Wildman–Crippen LogP) is 4.31. The number of hydrogen-bond acceptors (Lipinski definition) is 3. The Hall–Kier alpha value is -1.49. The number of carbonyl (C=O) groups is 2. The summed E-state index contributed by atoms with van der Waals surface area (Å²) in [5, 5.41) is 2.93. The third-order valence-corrected chi connectivity index (χ3v) is 4.88. The number of allylic oxidation sites excluding steroid dienone is 2. The molecule has 0 fully saturated rings. The zero-order valence-electron chi connectivity index (χ0n) is 13.4. The van der Waals surface area contributed by atoms with Crippen LogP contribution >= 0.6 is 34.8 Å². The fourth-order valence-corrected chi connectivity index (χ4v) is 2.74. The van der Waals surface area contributed by atoms with Crippen molar-refractivity contribution >= 4 is 46.7 Å². The van der Waals surface area contributed by atoms with Gasteiger partial charge in [-0.25, -0.2) is 0 Å². The van der Waals surface area contributed by atoms with E-state index < -0.39 is 17.8 Å². The Bertz CT molecular complexity index is 669. The number of esters is 1. The number of carbonyl (C=O) groups excluding carboxylic acids is 2. The number of hydrogen-bond donors (Lipinski definition) is 1. The minimum absolute atomic E-state index is 0.0492. The van der Waals surface area contributed by atoms with Gasteiger partial charge in [0, 0.05) is 6.54 Å². The van der Waals surface area contributed by atoms with E-state index in [1.807, 2.05) is 42.5 Å². The first-order valence-corrected chi connectivity index (χ1v) is 8.95. The van der Waals surface area contributed by atoms with Crippen LogP contribution in [0.4, 0.5) is 0 Å². The molecular formula is C18H18Cl3NO3. The van der Waals surface area contributed by atoms with Gasteiger partial charge in [0.05, 0.1) is 16.9 Å². The van der Waals surface area contributed by atoms with E-state index in [0.717, 1.165) is 5.56 Å². The zero-order valence-corrected chi connectivity index (χ0v) is 15.7. The van der Waals surface area contributed by atoms with Gasteiger partial charge in [-0.1, -0.05) is 77.3 Å². The summed E-state index contributed by atoms with van der Waals surface area (Å²) in [5.74, 6) is -1.70. The number of benzene rings is 1. The SMILES string of the molecule is O=C(NCc1ccccc1)C1CC=CCC1C(=O)OCC(Cl)=C(Cl)Cl. The molecular weight excluding hydrogens is 385 g/mol. The molecule has 1 aromatic carbocycles. The standard InChI is InChI=1S/C18H18Cl3NO3/c19-15(16(20)21)11-25-18(24)14-9-5-4-8-13(14)17(23)22-10-12-6-2-1-3-7-12/h1-7,13-14H,8-11H2,(H,22,23). The van der Waals surface area contributed by atoms with Gasteiger partial charge in [-0.3, -0.25) is 9.59 Å². The van der Waals surface area contributed by atoms with E-state index in [0.29, 0.717) is 19.4 Å². The fraction of sp³-hybridized carbons (Fsp3) is 0.333. The van der Waals surface area contributed by atoms with Crippen molar-refractivity contribution < 1.29 is 14.3 Å². The maximum Gasteiger partial charge on any atom is 0.310 e. The summed E-state index contributed by atoms with van der Waals surface area (Å²) in [6, 6.07) is 9.58. The molecule has 2 rings (SSSR count). The molecule has 0 radical (unpaired) electrons. The number of halogens is 3. The maximum atomic E-state index is 12.5. The first-order valence-electron chi connectivity index (χ1n) is 7.82. The van der Waals surface area contributed by atoms with Gasteiger partial charge in [-0.05, 0) is 18.4 Å².